The van der Waals surface area contributed by atoms with Gasteiger partial charge in [0.1, 0.15) is 0 Å². The summed E-state index contributed by atoms with van der Waals surface area (Å²) in [6.45, 7) is 3.85. The summed E-state index contributed by atoms with van der Waals surface area (Å²) in [4.78, 5) is 15.6. The lowest BCUT2D eigenvalue weighted by atomic mass is 10.0. The zero-order valence-electron chi connectivity index (χ0n) is 11.6. The SMILES string of the molecule is Cl.Cl.O=C(CCC1CCNC1)NCCCn1ccnc1. The molecule has 0 saturated carbocycles. The van der Waals surface area contributed by atoms with Crippen molar-refractivity contribution in [3.63, 3.8) is 0 Å². The van der Waals surface area contributed by atoms with E-state index in [4.69, 9.17) is 0 Å². The van der Waals surface area contributed by atoms with Gasteiger partial charge in [-0.05, 0) is 38.3 Å². The highest BCUT2D eigenvalue weighted by atomic mass is 35.5. The lowest BCUT2D eigenvalue weighted by Crippen LogP contribution is -2.25. The number of carbonyl (C=O) groups excluding carboxylic acids is 1. The van der Waals surface area contributed by atoms with Crippen LogP contribution in [-0.2, 0) is 11.3 Å². The van der Waals surface area contributed by atoms with Crippen LogP contribution in [0.4, 0.5) is 0 Å². The van der Waals surface area contributed by atoms with Crippen LogP contribution in [0.5, 0.6) is 0 Å². The van der Waals surface area contributed by atoms with Crippen LogP contribution in [0, 0.1) is 5.92 Å². The molecule has 1 unspecified atom stereocenters. The Bertz CT molecular complexity index is 353. The Balaban J connectivity index is 0.00000180. The molecule has 2 heterocycles. The summed E-state index contributed by atoms with van der Waals surface area (Å²) in [5.74, 6) is 0.884. The number of carbonyl (C=O) groups is 1. The zero-order chi connectivity index (χ0) is 12.6. The second kappa shape index (κ2) is 10.9. The van der Waals surface area contributed by atoms with Gasteiger partial charge in [-0.1, -0.05) is 0 Å². The second-order valence-corrected chi connectivity index (χ2v) is 4.90. The van der Waals surface area contributed by atoms with Gasteiger partial charge in [-0.3, -0.25) is 4.79 Å². The van der Waals surface area contributed by atoms with Gasteiger partial charge < -0.3 is 15.2 Å². The minimum atomic E-state index is 0. The van der Waals surface area contributed by atoms with Gasteiger partial charge in [0.2, 0.25) is 5.91 Å². The van der Waals surface area contributed by atoms with Gasteiger partial charge in [0.25, 0.3) is 0 Å². The molecule has 20 heavy (non-hydrogen) atoms. The fourth-order valence-electron chi connectivity index (χ4n) is 2.29. The Labute approximate surface area is 132 Å². The molecule has 1 amide bonds. The van der Waals surface area contributed by atoms with Crippen molar-refractivity contribution in [3.05, 3.63) is 18.7 Å². The minimum absolute atomic E-state index is 0. The van der Waals surface area contributed by atoms with Crippen molar-refractivity contribution >= 4 is 30.7 Å². The third-order valence-corrected chi connectivity index (χ3v) is 3.42. The van der Waals surface area contributed by atoms with E-state index in [0.717, 1.165) is 39.0 Å². The Morgan fingerprint density at radius 3 is 2.95 bits per heavy atom. The third kappa shape index (κ3) is 7.12. The van der Waals surface area contributed by atoms with Crippen LogP contribution in [0.25, 0.3) is 0 Å². The molecule has 1 fully saturated rings. The van der Waals surface area contributed by atoms with Gasteiger partial charge in [0.05, 0.1) is 6.33 Å². The molecule has 116 valence electrons. The molecule has 0 bridgehead atoms. The number of amides is 1. The molecule has 1 aliphatic heterocycles. The molecule has 1 aromatic rings. The highest BCUT2D eigenvalue weighted by Gasteiger charge is 2.15. The summed E-state index contributed by atoms with van der Waals surface area (Å²) >= 11 is 0. The molecular formula is C13H24Cl2N4O. The maximum atomic E-state index is 11.6. The first-order chi connectivity index (χ1) is 8.84. The van der Waals surface area contributed by atoms with Gasteiger partial charge in [-0.2, -0.15) is 0 Å². The van der Waals surface area contributed by atoms with Gasteiger partial charge in [0, 0.05) is 31.9 Å². The number of halogens is 2. The van der Waals surface area contributed by atoms with Crippen LogP contribution in [0.15, 0.2) is 18.7 Å². The Kier molecular flexibility index (Phi) is 10.5. The molecule has 0 aromatic carbocycles. The number of aromatic nitrogens is 2. The van der Waals surface area contributed by atoms with E-state index < -0.39 is 0 Å². The minimum Gasteiger partial charge on any atom is -0.356 e. The fraction of sp³-hybridized carbons (Fsp3) is 0.692. The van der Waals surface area contributed by atoms with E-state index in [1.165, 1.54) is 6.42 Å². The van der Waals surface area contributed by atoms with E-state index in [1.807, 2.05) is 10.8 Å². The Morgan fingerprint density at radius 1 is 1.45 bits per heavy atom. The van der Waals surface area contributed by atoms with E-state index in [2.05, 4.69) is 15.6 Å². The van der Waals surface area contributed by atoms with Gasteiger partial charge in [-0.15, -0.1) is 24.8 Å². The average Bonchev–Trinajstić information content (AvgIpc) is 3.04. The quantitative estimate of drug-likeness (QED) is 0.750. The number of aryl methyl sites for hydroxylation is 1. The molecule has 0 radical (unpaired) electrons. The highest BCUT2D eigenvalue weighted by molar-refractivity contribution is 5.85. The van der Waals surface area contributed by atoms with E-state index in [-0.39, 0.29) is 30.7 Å². The highest BCUT2D eigenvalue weighted by Crippen LogP contribution is 2.13. The summed E-state index contributed by atoms with van der Waals surface area (Å²) < 4.78 is 2.02. The molecule has 0 spiro atoms. The number of imidazole rings is 1. The fourth-order valence-corrected chi connectivity index (χ4v) is 2.29. The van der Waals surface area contributed by atoms with Crippen LogP contribution < -0.4 is 10.6 Å². The number of hydrogen-bond acceptors (Lipinski definition) is 3. The summed E-state index contributed by atoms with van der Waals surface area (Å²) in [6.07, 6.45) is 9.36. The largest absolute Gasteiger partial charge is 0.356 e. The maximum Gasteiger partial charge on any atom is 0.220 e. The summed E-state index contributed by atoms with van der Waals surface area (Å²) in [5.41, 5.74) is 0. The molecular weight excluding hydrogens is 299 g/mol. The van der Waals surface area contributed by atoms with Crippen molar-refractivity contribution in [1.82, 2.24) is 20.2 Å². The van der Waals surface area contributed by atoms with Gasteiger partial charge in [0.15, 0.2) is 0 Å². The molecule has 0 aliphatic carbocycles. The van der Waals surface area contributed by atoms with Gasteiger partial charge >= 0.3 is 0 Å². The Hall–Kier alpha value is -0.780. The van der Waals surface area contributed by atoms with Crippen molar-refractivity contribution in [2.24, 2.45) is 5.92 Å². The van der Waals surface area contributed by atoms with Crippen LogP contribution >= 0.6 is 24.8 Å². The lowest BCUT2D eigenvalue weighted by molar-refractivity contribution is -0.121. The third-order valence-electron chi connectivity index (χ3n) is 3.42. The molecule has 1 atom stereocenters. The van der Waals surface area contributed by atoms with Crippen molar-refractivity contribution in [2.75, 3.05) is 19.6 Å². The molecule has 1 aromatic heterocycles. The molecule has 2 N–H and O–H groups in total. The van der Waals surface area contributed by atoms with Crippen LogP contribution in [0.3, 0.4) is 0 Å². The van der Waals surface area contributed by atoms with Crippen molar-refractivity contribution in [1.29, 1.82) is 0 Å². The van der Waals surface area contributed by atoms with E-state index in [0.29, 0.717) is 12.3 Å². The standard InChI is InChI=1S/C13H22N4O.2ClH/c18-13(3-2-12-4-6-14-10-12)16-5-1-8-17-9-7-15-11-17;;/h7,9,11-12,14H,1-6,8,10H2,(H,16,18);2*1H. The zero-order valence-corrected chi connectivity index (χ0v) is 13.2. The number of nitrogens with one attached hydrogen (secondary N) is 2. The first-order valence-corrected chi connectivity index (χ1v) is 6.78. The van der Waals surface area contributed by atoms with Crippen molar-refractivity contribution in [2.45, 2.75) is 32.2 Å². The molecule has 2 rings (SSSR count). The monoisotopic (exact) mass is 322 g/mol. The summed E-state index contributed by atoms with van der Waals surface area (Å²) in [5, 5.41) is 6.30. The van der Waals surface area contributed by atoms with Crippen molar-refractivity contribution < 1.29 is 4.79 Å². The maximum absolute atomic E-state index is 11.6. The summed E-state index contributed by atoms with van der Waals surface area (Å²) in [6, 6.07) is 0. The average molecular weight is 323 g/mol. The lowest BCUT2D eigenvalue weighted by Gasteiger charge is -2.08. The summed E-state index contributed by atoms with van der Waals surface area (Å²) in [7, 11) is 0. The van der Waals surface area contributed by atoms with E-state index in [9.17, 15) is 4.79 Å². The first-order valence-electron chi connectivity index (χ1n) is 6.78. The number of hydrogen-bond donors (Lipinski definition) is 2. The smallest absolute Gasteiger partial charge is 0.220 e. The molecule has 1 aliphatic rings. The second-order valence-electron chi connectivity index (χ2n) is 4.90. The van der Waals surface area contributed by atoms with Crippen LogP contribution in [0.1, 0.15) is 25.7 Å². The molecule has 7 heteroatoms. The van der Waals surface area contributed by atoms with Crippen LogP contribution in [0.2, 0.25) is 0 Å². The Morgan fingerprint density at radius 2 is 2.30 bits per heavy atom. The number of nitrogens with zero attached hydrogens (tertiary/aromatic N) is 2. The molecule has 1 saturated heterocycles. The van der Waals surface area contributed by atoms with Gasteiger partial charge in [-0.25, -0.2) is 4.98 Å². The van der Waals surface area contributed by atoms with E-state index >= 15 is 0 Å². The van der Waals surface area contributed by atoms with Crippen LogP contribution in [-0.4, -0.2) is 35.1 Å². The normalized spacial score (nSPS) is 17.1. The predicted molar refractivity (Wildman–Crippen MR) is 84.6 cm³/mol. The van der Waals surface area contributed by atoms with Crippen molar-refractivity contribution in [3.8, 4) is 0 Å². The van der Waals surface area contributed by atoms with E-state index in [1.54, 1.807) is 12.5 Å². The first kappa shape index (κ1) is 19.2. The predicted octanol–water partition coefficient (Wildman–Crippen LogP) is 1.62. The number of rotatable bonds is 7. The molecule has 5 nitrogen and oxygen atoms in total. The topological polar surface area (TPSA) is 59.0 Å².